The van der Waals surface area contributed by atoms with E-state index >= 15 is 0 Å². The highest BCUT2D eigenvalue weighted by atomic mass is 35.5. The summed E-state index contributed by atoms with van der Waals surface area (Å²) < 4.78 is 0. The zero-order chi connectivity index (χ0) is 21.4. The van der Waals surface area contributed by atoms with Crippen LogP contribution in [0.1, 0.15) is 29.8 Å². The Bertz CT molecular complexity index is 848. The maximum absolute atomic E-state index is 12.5. The van der Waals surface area contributed by atoms with Gasteiger partial charge in [0.15, 0.2) is 0 Å². The number of hydrogen-bond acceptors (Lipinski definition) is 5. The second-order valence-electron chi connectivity index (χ2n) is 7.03. The van der Waals surface area contributed by atoms with Crippen molar-refractivity contribution < 1.29 is 14.4 Å². The van der Waals surface area contributed by atoms with E-state index in [0.717, 1.165) is 11.3 Å². The topological polar surface area (TPSA) is 117 Å². The average molecular weight is 470 g/mol. The van der Waals surface area contributed by atoms with Crippen LogP contribution in [-0.2, 0) is 16.1 Å². The van der Waals surface area contributed by atoms with Crippen LogP contribution in [0.5, 0.6) is 0 Å². The molecule has 0 saturated carbocycles. The van der Waals surface area contributed by atoms with E-state index < -0.39 is 6.04 Å². The molecule has 31 heavy (non-hydrogen) atoms. The molecule has 0 aliphatic rings. The highest BCUT2D eigenvalue weighted by molar-refractivity contribution is 6.05. The molecule has 10 heteroatoms. The molecule has 0 bridgehead atoms. The number of benzene rings is 1. The van der Waals surface area contributed by atoms with Gasteiger partial charge in [0.05, 0.1) is 12.6 Å². The lowest BCUT2D eigenvalue weighted by Gasteiger charge is -2.18. The Kier molecular flexibility index (Phi) is 12.4. The largest absolute Gasteiger partial charge is 0.350 e. The van der Waals surface area contributed by atoms with Gasteiger partial charge in [0, 0.05) is 37.2 Å². The van der Waals surface area contributed by atoms with Gasteiger partial charge >= 0.3 is 0 Å². The zero-order valence-electron chi connectivity index (χ0n) is 17.7. The predicted octanol–water partition coefficient (Wildman–Crippen LogP) is 1.92. The van der Waals surface area contributed by atoms with E-state index in [0.29, 0.717) is 12.1 Å². The molecule has 1 aromatic carbocycles. The Balaban J connectivity index is 0.00000450. The zero-order valence-corrected chi connectivity index (χ0v) is 19.3. The van der Waals surface area contributed by atoms with Crippen LogP contribution in [0.4, 0.5) is 5.69 Å². The van der Waals surface area contributed by atoms with Crippen LogP contribution < -0.4 is 21.3 Å². The smallest absolute Gasteiger partial charge is 0.258 e. The summed E-state index contributed by atoms with van der Waals surface area (Å²) in [6, 6.07) is 9.97. The van der Waals surface area contributed by atoms with Gasteiger partial charge in [-0.25, -0.2) is 0 Å². The summed E-state index contributed by atoms with van der Waals surface area (Å²) >= 11 is 0. The number of amides is 3. The molecule has 0 unspecified atom stereocenters. The van der Waals surface area contributed by atoms with Gasteiger partial charge in [0.2, 0.25) is 11.8 Å². The number of nitrogens with one attached hydrogen (secondary N) is 2. The normalized spacial score (nSPS) is 10.9. The summed E-state index contributed by atoms with van der Waals surface area (Å²) in [5.74, 6) is -0.784. The SMILES string of the molecule is CC(C)[C@H](N)C(=O)NCC(=O)NCc1ccc(N(C)C(=O)c2ccncc2)cc1.Cl.Cl. The van der Waals surface area contributed by atoms with Gasteiger partial charge in [-0.2, -0.15) is 0 Å². The third-order valence-electron chi connectivity index (χ3n) is 4.49. The molecule has 1 atom stereocenters. The first-order chi connectivity index (χ1) is 13.8. The Morgan fingerprint density at radius 1 is 1.00 bits per heavy atom. The minimum Gasteiger partial charge on any atom is -0.350 e. The number of carbonyl (C=O) groups is 3. The Morgan fingerprint density at radius 3 is 2.13 bits per heavy atom. The molecule has 3 amide bonds. The van der Waals surface area contributed by atoms with Crippen molar-refractivity contribution in [2.24, 2.45) is 11.7 Å². The molecule has 0 saturated heterocycles. The van der Waals surface area contributed by atoms with Gasteiger partial charge in [-0.15, -0.1) is 24.8 Å². The van der Waals surface area contributed by atoms with Crippen LogP contribution in [0.3, 0.4) is 0 Å². The van der Waals surface area contributed by atoms with Crippen molar-refractivity contribution in [1.29, 1.82) is 0 Å². The van der Waals surface area contributed by atoms with Crippen LogP contribution in [0.2, 0.25) is 0 Å². The predicted molar refractivity (Wildman–Crippen MR) is 126 cm³/mol. The monoisotopic (exact) mass is 469 g/mol. The number of hydrogen-bond donors (Lipinski definition) is 3. The standard InChI is InChI=1S/C21H27N5O3.2ClH/c1-14(2)19(22)20(28)25-13-18(27)24-12-15-4-6-17(7-5-15)26(3)21(29)16-8-10-23-11-9-16;;/h4-11,14,19H,12-13,22H2,1-3H3,(H,24,27)(H,25,28);2*1H/t19-;;/m0../s1. The minimum atomic E-state index is -0.637. The lowest BCUT2D eigenvalue weighted by atomic mass is 10.1. The number of anilines is 1. The summed E-state index contributed by atoms with van der Waals surface area (Å²) in [6.45, 7) is 3.87. The lowest BCUT2D eigenvalue weighted by Crippen LogP contribution is -2.47. The highest BCUT2D eigenvalue weighted by Crippen LogP contribution is 2.16. The maximum Gasteiger partial charge on any atom is 0.258 e. The lowest BCUT2D eigenvalue weighted by molar-refractivity contribution is -0.127. The molecular formula is C21H29Cl2N5O3. The van der Waals surface area contributed by atoms with Crippen molar-refractivity contribution in [2.45, 2.75) is 26.4 Å². The van der Waals surface area contributed by atoms with Crippen LogP contribution in [0.25, 0.3) is 0 Å². The van der Waals surface area contributed by atoms with Crippen molar-refractivity contribution in [1.82, 2.24) is 15.6 Å². The molecule has 8 nitrogen and oxygen atoms in total. The molecule has 0 fully saturated rings. The number of carbonyl (C=O) groups excluding carboxylic acids is 3. The molecule has 0 aliphatic carbocycles. The molecular weight excluding hydrogens is 441 g/mol. The van der Waals surface area contributed by atoms with Crippen molar-refractivity contribution >= 4 is 48.2 Å². The van der Waals surface area contributed by atoms with Gasteiger partial charge in [-0.3, -0.25) is 19.4 Å². The summed E-state index contributed by atoms with van der Waals surface area (Å²) in [5, 5.41) is 5.27. The van der Waals surface area contributed by atoms with Crippen LogP contribution in [0, 0.1) is 5.92 Å². The number of pyridine rings is 1. The molecule has 2 rings (SSSR count). The van der Waals surface area contributed by atoms with E-state index in [-0.39, 0.29) is 55.0 Å². The fourth-order valence-corrected chi connectivity index (χ4v) is 2.49. The molecule has 170 valence electrons. The van der Waals surface area contributed by atoms with Crippen molar-refractivity contribution in [3.63, 3.8) is 0 Å². The third-order valence-corrected chi connectivity index (χ3v) is 4.49. The summed E-state index contributed by atoms with van der Waals surface area (Å²) in [7, 11) is 1.70. The fraction of sp³-hybridized carbons (Fsp3) is 0.333. The van der Waals surface area contributed by atoms with Gasteiger partial charge in [0.1, 0.15) is 0 Å². The molecule has 0 radical (unpaired) electrons. The quantitative estimate of drug-likeness (QED) is 0.545. The molecule has 4 N–H and O–H groups in total. The number of nitrogens with zero attached hydrogens (tertiary/aromatic N) is 2. The number of halogens is 2. The number of aromatic nitrogens is 1. The molecule has 1 heterocycles. The minimum absolute atomic E-state index is 0. The van der Waals surface area contributed by atoms with Crippen molar-refractivity contribution in [3.05, 3.63) is 59.9 Å². The van der Waals surface area contributed by atoms with Gasteiger partial charge in [0.25, 0.3) is 5.91 Å². The second-order valence-corrected chi connectivity index (χ2v) is 7.03. The summed E-state index contributed by atoms with van der Waals surface area (Å²) in [4.78, 5) is 41.6. The molecule has 0 aliphatic heterocycles. The van der Waals surface area contributed by atoms with E-state index in [1.54, 1.807) is 36.5 Å². The first kappa shape index (κ1) is 28.3. The summed E-state index contributed by atoms with van der Waals surface area (Å²) in [5.41, 5.74) is 7.89. The van der Waals surface area contributed by atoms with Crippen LogP contribution in [0.15, 0.2) is 48.8 Å². The Morgan fingerprint density at radius 2 is 1.58 bits per heavy atom. The van der Waals surface area contributed by atoms with Crippen LogP contribution in [-0.4, -0.2) is 42.3 Å². The Labute approximate surface area is 194 Å². The molecule has 1 aromatic heterocycles. The average Bonchev–Trinajstić information content (AvgIpc) is 2.75. The van der Waals surface area contributed by atoms with E-state index in [1.165, 1.54) is 0 Å². The van der Waals surface area contributed by atoms with Crippen molar-refractivity contribution in [3.8, 4) is 0 Å². The highest BCUT2D eigenvalue weighted by Gasteiger charge is 2.17. The first-order valence-electron chi connectivity index (χ1n) is 9.36. The molecule has 0 spiro atoms. The van der Waals surface area contributed by atoms with Crippen molar-refractivity contribution in [2.75, 3.05) is 18.5 Å². The van der Waals surface area contributed by atoms with Gasteiger partial charge in [-0.05, 0) is 35.7 Å². The van der Waals surface area contributed by atoms with E-state index in [1.807, 2.05) is 38.1 Å². The number of rotatable bonds is 8. The Hall–Kier alpha value is -2.68. The van der Waals surface area contributed by atoms with E-state index in [2.05, 4.69) is 15.6 Å². The van der Waals surface area contributed by atoms with E-state index in [9.17, 15) is 14.4 Å². The van der Waals surface area contributed by atoms with Crippen LogP contribution >= 0.6 is 24.8 Å². The number of nitrogens with two attached hydrogens (primary N) is 1. The fourth-order valence-electron chi connectivity index (χ4n) is 2.49. The molecule has 2 aromatic rings. The van der Waals surface area contributed by atoms with Gasteiger partial charge < -0.3 is 21.3 Å². The second kappa shape index (κ2) is 13.6. The summed E-state index contributed by atoms with van der Waals surface area (Å²) in [6.07, 6.45) is 3.15. The maximum atomic E-state index is 12.5. The van der Waals surface area contributed by atoms with Gasteiger partial charge in [-0.1, -0.05) is 26.0 Å². The van der Waals surface area contributed by atoms with E-state index in [4.69, 9.17) is 5.73 Å². The third kappa shape index (κ3) is 8.53. The first-order valence-corrected chi connectivity index (χ1v) is 9.36.